The number of piperidine rings is 1. The van der Waals surface area contributed by atoms with Gasteiger partial charge in [-0.2, -0.15) is 0 Å². The molecule has 4 N–H and O–H groups in total. The summed E-state index contributed by atoms with van der Waals surface area (Å²) in [5, 5.41) is 6.91. The van der Waals surface area contributed by atoms with Gasteiger partial charge in [-0.1, -0.05) is 23.7 Å². The molecule has 5 nitrogen and oxygen atoms in total. The smallest absolute Gasteiger partial charge is 0.224 e. The van der Waals surface area contributed by atoms with Crippen LogP contribution < -0.4 is 16.4 Å². The maximum atomic E-state index is 12.6. The topological polar surface area (TPSA) is 84.2 Å². The van der Waals surface area contributed by atoms with Crippen LogP contribution in [0.15, 0.2) is 24.3 Å². The SMILES string of the molecule is Cl.NC(=O)C[C@@H](NC(=O)C1CC12CCNCC2)c1cccc(Cl)c1. The highest BCUT2D eigenvalue weighted by atomic mass is 35.5. The van der Waals surface area contributed by atoms with Gasteiger partial charge in [-0.3, -0.25) is 9.59 Å². The lowest BCUT2D eigenvalue weighted by Gasteiger charge is -2.24. The maximum absolute atomic E-state index is 12.6. The summed E-state index contributed by atoms with van der Waals surface area (Å²) in [7, 11) is 0. The summed E-state index contributed by atoms with van der Waals surface area (Å²) >= 11 is 6.02. The quantitative estimate of drug-likeness (QED) is 0.741. The Labute approximate surface area is 153 Å². The van der Waals surface area contributed by atoms with Gasteiger partial charge in [0, 0.05) is 10.9 Å². The average molecular weight is 372 g/mol. The van der Waals surface area contributed by atoms with Crippen LogP contribution in [0.1, 0.15) is 37.3 Å². The van der Waals surface area contributed by atoms with E-state index in [1.54, 1.807) is 12.1 Å². The minimum Gasteiger partial charge on any atom is -0.370 e. The Balaban J connectivity index is 0.00000208. The number of halogens is 2. The number of amides is 2. The van der Waals surface area contributed by atoms with E-state index in [0.717, 1.165) is 37.9 Å². The second-order valence-electron chi connectivity index (χ2n) is 6.66. The molecule has 1 aliphatic carbocycles. The third-order valence-corrected chi connectivity index (χ3v) is 5.31. The van der Waals surface area contributed by atoms with Gasteiger partial charge in [0.2, 0.25) is 11.8 Å². The van der Waals surface area contributed by atoms with Gasteiger partial charge in [0.1, 0.15) is 0 Å². The Morgan fingerprint density at radius 1 is 1.38 bits per heavy atom. The van der Waals surface area contributed by atoms with Crippen LogP contribution in [0.5, 0.6) is 0 Å². The molecule has 1 aromatic carbocycles. The summed E-state index contributed by atoms with van der Waals surface area (Å²) in [5.41, 5.74) is 6.32. The fourth-order valence-corrected chi connectivity index (χ4v) is 3.84. The number of carbonyl (C=O) groups is 2. The fraction of sp³-hybridized carbons (Fsp3) is 0.529. The molecule has 1 saturated carbocycles. The van der Waals surface area contributed by atoms with Crippen molar-refractivity contribution in [3.63, 3.8) is 0 Å². The minimum absolute atomic E-state index is 0. The molecule has 0 radical (unpaired) electrons. The second-order valence-corrected chi connectivity index (χ2v) is 7.09. The van der Waals surface area contributed by atoms with Crippen LogP contribution in [0.3, 0.4) is 0 Å². The summed E-state index contributed by atoms with van der Waals surface area (Å²) in [5.74, 6) is -0.361. The Bertz CT molecular complexity index is 618. The Hall–Kier alpha value is -1.30. The summed E-state index contributed by atoms with van der Waals surface area (Å²) < 4.78 is 0. The first-order valence-electron chi connectivity index (χ1n) is 8.05. The molecule has 2 fully saturated rings. The van der Waals surface area contributed by atoms with Crippen molar-refractivity contribution in [2.75, 3.05) is 13.1 Å². The van der Waals surface area contributed by atoms with Crippen LogP contribution in [-0.4, -0.2) is 24.9 Å². The maximum Gasteiger partial charge on any atom is 0.224 e. The van der Waals surface area contributed by atoms with E-state index in [0.29, 0.717) is 5.02 Å². The molecule has 2 atom stereocenters. The number of hydrogen-bond donors (Lipinski definition) is 3. The van der Waals surface area contributed by atoms with Gasteiger partial charge in [0.15, 0.2) is 0 Å². The summed E-state index contributed by atoms with van der Waals surface area (Å²) in [6.07, 6.45) is 3.11. The number of nitrogens with one attached hydrogen (secondary N) is 2. The van der Waals surface area contributed by atoms with E-state index >= 15 is 0 Å². The molecule has 0 aromatic heterocycles. The van der Waals surface area contributed by atoms with Crippen molar-refractivity contribution in [3.05, 3.63) is 34.9 Å². The third kappa shape index (κ3) is 4.21. The number of primary amides is 1. The lowest BCUT2D eigenvalue weighted by Crippen LogP contribution is -2.36. The molecule has 1 saturated heterocycles. The first kappa shape index (κ1) is 19.0. The van der Waals surface area contributed by atoms with E-state index in [1.165, 1.54) is 0 Å². The number of carbonyl (C=O) groups excluding carboxylic acids is 2. The molecule has 7 heteroatoms. The standard InChI is InChI=1S/C17H22ClN3O2.ClH/c18-12-3-1-2-11(8-12)14(9-15(19)22)21-16(23)13-10-17(13)4-6-20-7-5-17;/h1-3,8,13-14,20H,4-7,9-10H2,(H2,19,22)(H,21,23);1H/t13?,14-;/m1./s1. The van der Waals surface area contributed by atoms with Crippen LogP contribution in [-0.2, 0) is 9.59 Å². The predicted molar refractivity (Wildman–Crippen MR) is 96.0 cm³/mol. The van der Waals surface area contributed by atoms with Gasteiger partial charge in [0.05, 0.1) is 12.5 Å². The first-order valence-corrected chi connectivity index (χ1v) is 8.43. The number of nitrogens with two attached hydrogens (primary N) is 1. The van der Waals surface area contributed by atoms with E-state index in [1.807, 2.05) is 12.1 Å². The van der Waals surface area contributed by atoms with Crippen LogP contribution in [0, 0.1) is 11.3 Å². The number of rotatable bonds is 5. The van der Waals surface area contributed by atoms with Gasteiger partial charge in [-0.15, -0.1) is 12.4 Å². The van der Waals surface area contributed by atoms with Gasteiger partial charge >= 0.3 is 0 Å². The molecular weight excluding hydrogens is 349 g/mol. The van der Waals surface area contributed by atoms with E-state index in [9.17, 15) is 9.59 Å². The zero-order valence-electron chi connectivity index (χ0n) is 13.4. The molecule has 132 valence electrons. The molecule has 24 heavy (non-hydrogen) atoms. The van der Waals surface area contributed by atoms with Crippen molar-refractivity contribution in [1.29, 1.82) is 0 Å². The van der Waals surface area contributed by atoms with Gasteiger partial charge in [0.25, 0.3) is 0 Å². The van der Waals surface area contributed by atoms with Crippen LogP contribution in [0.4, 0.5) is 0 Å². The van der Waals surface area contributed by atoms with Crippen molar-refractivity contribution in [2.45, 2.75) is 31.7 Å². The third-order valence-electron chi connectivity index (χ3n) is 5.08. The lowest BCUT2D eigenvalue weighted by atomic mass is 9.91. The van der Waals surface area contributed by atoms with E-state index < -0.39 is 11.9 Å². The summed E-state index contributed by atoms with van der Waals surface area (Å²) in [6.45, 7) is 1.95. The second kappa shape index (κ2) is 7.72. The first-order chi connectivity index (χ1) is 11.0. The summed E-state index contributed by atoms with van der Waals surface area (Å²) in [4.78, 5) is 24.0. The largest absolute Gasteiger partial charge is 0.370 e. The molecule has 1 aromatic rings. The molecule has 2 aliphatic rings. The van der Waals surface area contributed by atoms with Crippen molar-refractivity contribution in [1.82, 2.24) is 10.6 Å². The molecule has 1 heterocycles. The highest BCUT2D eigenvalue weighted by Crippen LogP contribution is 2.58. The van der Waals surface area contributed by atoms with Crippen molar-refractivity contribution in [3.8, 4) is 0 Å². The Kier molecular flexibility index (Phi) is 6.12. The van der Waals surface area contributed by atoms with Crippen LogP contribution in [0.25, 0.3) is 0 Å². The van der Waals surface area contributed by atoms with Gasteiger partial charge in [-0.05, 0) is 55.5 Å². The molecule has 0 bridgehead atoms. The molecule has 2 amide bonds. The Morgan fingerprint density at radius 2 is 2.08 bits per heavy atom. The monoisotopic (exact) mass is 371 g/mol. The van der Waals surface area contributed by atoms with Crippen LogP contribution in [0.2, 0.25) is 5.02 Å². The van der Waals surface area contributed by atoms with Gasteiger partial charge < -0.3 is 16.4 Å². The normalized spacial score (nSPS) is 22.3. The molecule has 1 unspecified atom stereocenters. The van der Waals surface area contributed by atoms with E-state index in [-0.39, 0.29) is 36.1 Å². The molecule has 1 aliphatic heterocycles. The zero-order chi connectivity index (χ0) is 16.4. The van der Waals surface area contributed by atoms with E-state index in [2.05, 4.69) is 10.6 Å². The lowest BCUT2D eigenvalue weighted by molar-refractivity contribution is -0.124. The fourth-order valence-electron chi connectivity index (χ4n) is 3.64. The average Bonchev–Trinajstić information content (AvgIpc) is 3.20. The highest BCUT2D eigenvalue weighted by molar-refractivity contribution is 6.30. The number of hydrogen-bond acceptors (Lipinski definition) is 3. The minimum atomic E-state index is -0.442. The highest BCUT2D eigenvalue weighted by Gasteiger charge is 2.57. The number of benzene rings is 1. The molecule has 3 rings (SSSR count). The molecular formula is C17H23Cl2N3O2. The van der Waals surface area contributed by atoms with Crippen molar-refractivity contribution < 1.29 is 9.59 Å². The van der Waals surface area contributed by atoms with Gasteiger partial charge in [-0.25, -0.2) is 0 Å². The van der Waals surface area contributed by atoms with E-state index in [4.69, 9.17) is 17.3 Å². The molecule has 1 spiro atoms. The summed E-state index contributed by atoms with van der Waals surface area (Å²) in [6, 6.07) is 6.77. The zero-order valence-corrected chi connectivity index (χ0v) is 15.0. The van der Waals surface area contributed by atoms with Crippen molar-refractivity contribution in [2.24, 2.45) is 17.1 Å². The van der Waals surface area contributed by atoms with Crippen molar-refractivity contribution >= 4 is 35.8 Å². The van der Waals surface area contributed by atoms with Crippen LogP contribution >= 0.6 is 24.0 Å². The Morgan fingerprint density at radius 3 is 2.71 bits per heavy atom. The predicted octanol–water partition coefficient (Wildman–Crippen LogP) is 2.18.